The van der Waals surface area contributed by atoms with Crippen LogP contribution in [0.2, 0.25) is 0 Å². The lowest BCUT2D eigenvalue weighted by Gasteiger charge is -2.09. The molecule has 0 unspecified atom stereocenters. The lowest BCUT2D eigenvalue weighted by molar-refractivity contribution is 0.669. The maximum atomic E-state index is 6.38. The topological polar surface area (TPSA) is 23.0 Å². The number of hydrogen-bond acceptors (Lipinski definition) is 2. The van der Waals surface area contributed by atoms with E-state index in [1.165, 1.54) is 91.7 Å². The smallest absolute Gasteiger partial charge is 0.135 e. The standard InChI is InChI=1S/C54H32N2OS/c1-5-13-47-39(9-1)40-10-2-6-14-48(40)55(47)37-23-26-52-44(31-37)43-29-35(21-25-51(43)57-52)33-17-19-34(20-18-33)36-22-27-53-45(30-36)46-32-38(24-28-54(46)58-53)56-49-15-7-3-11-41(49)42-12-4-8-16-50(42)56/h1-32H. The van der Waals surface area contributed by atoms with Crippen LogP contribution in [0.5, 0.6) is 0 Å². The molecule has 0 bridgehead atoms. The predicted octanol–water partition coefficient (Wildman–Crippen LogP) is 15.5. The molecular formula is C54H32N2OS. The van der Waals surface area contributed by atoms with E-state index in [0.717, 1.165) is 27.6 Å². The van der Waals surface area contributed by atoms with E-state index >= 15 is 0 Å². The molecule has 0 saturated carbocycles. The summed E-state index contributed by atoms with van der Waals surface area (Å²) in [6.45, 7) is 0. The SMILES string of the molecule is c1ccc2c(c1)c1ccccc1n2-c1ccc2oc3ccc(-c4ccc(-c5ccc6sc7ccc(-n8c9ccccc9c9ccccc98)cc7c6c5)cc4)cc3c2c1. The van der Waals surface area contributed by atoms with Crippen molar-refractivity contribution in [2.45, 2.75) is 0 Å². The Kier molecular flexibility index (Phi) is 6.60. The number of thiophene rings is 1. The minimum atomic E-state index is 0.894. The summed E-state index contributed by atoms with van der Waals surface area (Å²) in [4.78, 5) is 0. The fourth-order valence-electron chi connectivity index (χ4n) is 9.42. The van der Waals surface area contributed by atoms with Gasteiger partial charge in [0.05, 0.1) is 22.1 Å². The van der Waals surface area contributed by atoms with Gasteiger partial charge in [-0.3, -0.25) is 0 Å². The van der Waals surface area contributed by atoms with E-state index in [-0.39, 0.29) is 0 Å². The molecule has 13 aromatic rings. The molecule has 0 saturated heterocycles. The second-order valence-electron chi connectivity index (χ2n) is 15.3. The third-order valence-corrected chi connectivity index (χ3v) is 13.3. The second-order valence-corrected chi connectivity index (χ2v) is 16.4. The van der Waals surface area contributed by atoms with E-state index in [2.05, 4.69) is 203 Å². The summed E-state index contributed by atoms with van der Waals surface area (Å²) in [6, 6.07) is 70.8. The van der Waals surface area contributed by atoms with Crippen LogP contribution < -0.4 is 0 Å². The van der Waals surface area contributed by atoms with E-state index in [1.54, 1.807) is 0 Å². The molecule has 4 heterocycles. The number of aromatic nitrogens is 2. The number of para-hydroxylation sites is 4. The van der Waals surface area contributed by atoms with Gasteiger partial charge in [0, 0.05) is 63.9 Å². The zero-order valence-corrected chi connectivity index (χ0v) is 32.0. The van der Waals surface area contributed by atoms with Gasteiger partial charge in [-0.1, -0.05) is 109 Å². The Morgan fingerprint density at radius 1 is 0.293 bits per heavy atom. The maximum Gasteiger partial charge on any atom is 0.135 e. The fourth-order valence-corrected chi connectivity index (χ4v) is 10.5. The molecule has 0 atom stereocenters. The van der Waals surface area contributed by atoms with Crippen LogP contribution in [0.1, 0.15) is 0 Å². The highest BCUT2D eigenvalue weighted by Gasteiger charge is 2.16. The second kappa shape index (κ2) is 12.1. The summed E-state index contributed by atoms with van der Waals surface area (Å²) in [6.07, 6.45) is 0. The predicted molar refractivity (Wildman–Crippen MR) is 246 cm³/mol. The van der Waals surface area contributed by atoms with Crippen LogP contribution in [0.4, 0.5) is 0 Å². The van der Waals surface area contributed by atoms with Crippen molar-refractivity contribution in [2.24, 2.45) is 0 Å². The van der Waals surface area contributed by atoms with Crippen molar-refractivity contribution >= 4 is 97.1 Å². The lowest BCUT2D eigenvalue weighted by Crippen LogP contribution is -1.93. The van der Waals surface area contributed by atoms with E-state index in [1.807, 2.05) is 11.3 Å². The molecule has 0 radical (unpaired) electrons. The zero-order chi connectivity index (χ0) is 37.9. The zero-order valence-electron chi connectivity index (χ0n) is 31.2. The fraction of sp³-hybridized carbons (Fsp3) is 0. The van der Waals surface area contributed by atoms with Crippen molar-refractivity contribution in [1.29, 1.82) is 0 Å². The molecular weight excluding hydrogens is 725 g/mol. The summed E-state index contributed by atoms with van der Waals surface area (Å²) in [5.41, 5.74) is 13.7. The van der Waals surface area contributed by atoms with Gasteiger partial charge in [-0.05, 0) is 107 Å². The molecule has 13 rings (SSSR count). The Bertz CT molecular complexity index is 3440. The average molecular weight is 757 g/mol. The largest absolute Gasteiger partial charge is 0.456 e. The van der Waals surface area contributed by atoms with Crippen molar-refractivity contribution in [3.05, 3.63) is 194 Å². The van der Waals surface area contributed by atoms with Crippen LogP contribution in [0.25, 0.3) is 119 Å². The summed E-state index contributed by atoms with van der Waals surface area (Å²) < 4.78 is 13.8. The molecule has 4 heteroatoms. The quantitative estimate of drug-likeness (QED) is 0.175. The van der Waals surface area contributed by atoms with Crippen LogP contribution in [-0.4, -0.2) is 9.13 Å². The molecule has 270 valence electrons. The Morgan fingerprint density at radius 2 is 0.655 bits per heavy atom. The van der Waals surface area contributed by atoms with Gasteiger partial charge >= 0.3 is 0 Å². The highest BCUT2D eigenvalue weighted by Crippen LogP contribution is 2.41. The molecule has 0 amide bonds. The van der Waals surface area contributed by atoms with Gasteiger partial charge in [-0.25, -0.2) is 0 Å². The van der Waals surface area contributed by atoms with Gasteiger partial charge in [-0.2, -0.15) is 0 Å². The summed E-state index contributed by atoms with van der Waals surface area (Å²) >= 11 is 1.86. The average Bonchev–Trinajstić information content (AvgIpc) is 4.03. The van der Waals surface area contributed by atoms with E-state index in [9.17, 15) is 0 Å². The van der Waals surface area contributed by atoms with Gasteiger partial charge in [0.2, 0.25) is 0 Å². The first-order chi connectivity index (χ1) is 28.7. The van der Waals surface area contributed by atoms with Crippen LogP contribution in [0, 0.1) is 0 Å². The van der Waals surface area contributed by atoms with Crippen LogP contribution >= 0.6 is 11.3 Å². The number of hydrogen-bond donors (Lipinski definition) is 0. The lowest BCUT2D eigenvalue weighted by atomic mass is 9.98. The van der Waals surface area contributed by atoms with Crippen LogP contribution in [0.3, 0.4) is 0 Å². The molecule has 9 aromatic carbocycles. The van der Waals surface area contributed by atoms with Crippen LogP contribution in [-0.2, 0) is 0 Å². The van der Waals surface area contributed by atoms with Crippen molar-refractivity contribution in [2.75, 3.05) is 0 Å². The molecule has 0 fully saturated rings. The van der Waals surface area contributed by atoms with Crippen LogP contribution in [0.15, 0.2) is 199 Å². The van der Waals surface area contributed by atoms with Crippen molar-refractivity contribution in [3.63, 3.8) is 0 Å². The summed E-state index contributed by atoms with van der Waals surface area (Å²) in [5, 5.41) is 9.90. The monoisotopic (exact) mass is 756 g/mol. The number of benzene rings is 9. The summed E-state index contributed by atoms with van der Waals surface area (Å²) in [7, 11) is 0. The third kappa shape index (κ3) is 4.61. The molecule has 0 spiro atoms. The molecule has 4 aromatic heterocycles. The molecule has 0 N–H and O–H groups in total. The number of fused-ring (bicyclic) bond motifs is 12. The van der Waals surface area contributed by atoms with E-state index in [0.29, 0.717) is 0 Å². The number of furan rings is 1. The minimum Gasteiger partial charge on any atom is -0.456 e. The maximum absolute atomic E-state index is 6.38. The third-order valence-electron chi connectivity index (χ3n) is 12.1. The van der Waals surface area contributed by atoms with Crippen molar-refractivity contribution in [1.82, 2.24) is 9.13 Å². The minimum absolute atomic E-state index is 0.894. The number of nitrogens with zero attached hydrogens (tertiary/aromatic N) is 2. The van der Waals surface area contributed by atoms with Gasteiger partial charge in [-0.15, -0.1) is 11.3 Å². The molecule has 0 aliphatic rings. The Balaban J connectivity index is 0.874. The molecule has 3 nitrogen and oxygen atoms in total. The van der Waals surface area contributed by atoms with Gasteiger partial charge in [0.25, 0.3) is 0 Å². The molecule has 0 aliphatic heterocycles. The summed E-state index contributed by atoms with van der Waals surface area (Å²) in [5.74, 6) is 0. The Labute approximate surface area is 336 Å². The Morgan fingerprint density at radius 3 is 1.19 bits per heavy atom. The van der Waals surface area contributed by atoms with Crippen molar-refractivity contribution in [3.8, 4) is 33.6 Å². The van der Waals surface area contributed by atoms with Crippen molar-refractivity contribution < 1.29 is 4.42 Å². The highest BCUT2D eigenvalue weighted by atomic mass is 32.1. The van der Waals surface area contributed by atoms with Gasteiger partial charge in [0.15, 0.2) is 0 Å². The Hall–Kier alpha value is -7.40. The first-order valence-electron chi connectivity index (χ1n) is 19.7. The highest BCUT2D eigenvalue weighted by molar-refractivity contribution is 7.25. The normalized spacial score (nSPS) is 12.1. The first kappa shape index (κ1) is 31.8. The van der Waals surface area contributed by atoms with Gasteiger partial charge < -0.3 is 13.6 Å². The molecule has 0 aliphatic carbocycles. The van der Waals surface area contributed by atoms with E-state index < -0.39 is 0 Å². The first-order valence-corrected chi connectivity index (χ1v) is 20.6. The molecule has 58 heavy (non-hydrogen) atoms. The number of rotatable bonds is 4. The van der Waals surface area contributed by atoms with E-state index in [4.69, 9.17) is 4.42 Å². The van der Waals surface area contributed by atoms with Gasteiger partial charge in [0.1, 0.15) is 11.2 Å².